The van der Waals surface area contributed by atoms with Crippen LogP contribution in [0.5, 0.6) is 0 Å². The first-order valence-corrected chi connectivity index (χ1v) is 6.34. The Morgan fingerprint density at radius 1 is 1.31 bits per heavy atom. The van der Waals surface area contributed by atoms with Gasteiger partial charge in [0.2, 0.25) is 5.91 Å². The first-order valence-electron chi connectivity index (χ1n) is 5.35. The number of rotatable bonds is 6. The van der Waals surface area contributed by atoms with Crippen LogP contribution in [-0.2, 0) is 14.3 Å². The lowest BCUT2D eigenvalue weighted by Gasteiger charge is -2.16. The van der Waals surface area contributed by atoms with Gasteiger partial charge in [-0.05, 0) is 6.42 Å². The second-order valence-corrected chi connectivity index (χ2v) is 6.26. The maximum absolute atomic E-state index is 11.3. The van der Waals surface area contributed by atoms with Gasteiger partial charge in [0, 0.05) is 18.2 Å². The number of carbonyl (C=O) groups excluding carboxylic acids is 2. The van der Waals surface area contributed by atoms with Crippen molar-refractivity contribution in [2.24, 2.45) is 0 Å². The summed E-state index contributed by atoms with van der Waals surface area (Å²) >= 11 is 1.57. The van der Waals surface area contributed by atoms with Crippen molar-refractivity contribution >= 4 is 23.6 Å². The highest BCUT2D eigenvalue weighted by atomic mass is 32.2. The molecule has 0 heterocycles. The molecule has 0 aromatic heterocycles. The second kappa shape index (κ2) is 7.54. The van der Waals surface area contributed by atoms with Gasteiger partial charge in [0.05, 0.1) is 12.4 Å². The lowest BCUT2D eigenvalue weighted by atomic mass is 10.3. The molecule has 0 aliphatic carbocycles. The molecule has 0 aliphatic rings. The van der Waals surface area contributed by atoms with E-state index in [2.05, 4.69) is 26.1 Å². The maximum Gasteiger partial charge on any atom is 0.315 e. The average molecular weight is 247 g/mol. The van der Waals surface area contributed by atoms with E-state index in [0.717, 1.165) is 0 Å². The van der Waals surface area contributed by atoms with E-state index < -0.39 is 0 Å². The number of esters is 1. The summed E-state index contributed by atoms with van der Waals surface area (Å²) in [5.74, 6) is 0.126. The van der Waals surface area contributed by atoms with E-state index in [1.807, 2.05) is 0 Å². The predicted molar refractivity (Wildman–Crippen MR) is 66.5 cm³/mol. The van der Waals surface area contributed by atoms with Gasteiger partial charge in [-0.2, -0.15) is 0 Å². The van der Waals surface area contributed by atoms with Crippen molar-refractivity contribution in [1.29, 1.82) is 0 Å². The molecular weight excluding hydrogens is 226 g/mol. The van der Waals surface area contributed by atoms with E-state index in [9.17, 15) is 9.59 Å². The topological polar surface area (TPSA) is 55.4 Å². The molecule has 94 valence electrons. The Hall–Kier alpha value is -0.710. The first-order chi connectivity index (χ1) is 7.31. The molecule has 0 aromatic carbocycles. The highest BCUT2D eigenvalue weighted by Crippen LogP contribution is 2.22. The van der Waals surface area contributed by atoms with Crippen molar-refractivity contribution < 1.29 is 14.3 Å². The monoisotopic (exact) mass is 247 g/mol. The van der Waals surface area contributed by atoms with E-state index in [1.54, 1.807) is 11.8 Å². The molecule has 0 radical (unpaired) electrons. The molecule has 0 aromatic rings. The van der Waals surface area contributed by atoms with Crippen molar-refractivity contribution in [3.63, 3.8) is 0 Å². The molecule has 4 nitrogen and oxygen atoms in total. The molecule has 0 fully saturated rings. The molecular formula is C11H21NO3S. The summed E-state index contributed by atoms with van der Waals surface area (Å²) in [6.07, 6.45) is 0.658. The maximum atomic E-state index is 11.3. The number of nitrogens with one attached hydrogen (secondary N) is 1. The summed E-state index contributed by atoms with van der Waals surface area (Å²) in [6, 6.07) is 0. The van der Waals surface area contributed by atoms with Crippen LogP contribution in [0, 0.1) is 0 Å². The van der Waals surface area contributed by atoms with Crippen molar-refractivity contribution in [3.8, 4) is 0 Å². The third-order valence-corrected chi connectivity index (χ3v) is 2.83. The first kappa shape index (κ1) is 15.3. The molecule has 0 unspecified atom stereocenters. The SMILES string of the molecule is CC(=O)NCCCOC(=O)CSC(C)(C)C. The molecule has 0 atom stereocenters. The number of hydrogen-bond donors (Lipinski definition) is 1. The van der Waals surface area contributed by atoms with Gasteiger partial charge in [0.25, 0.3) is 0 Å². The van der Waals surface area contributed by atoms with Gasteiger partial charge in [-0.25, -0.2) is 0 Å². The Bertz CT molecular complexity index is 236. The number of amides is 1. The van der Waals surface area contributed by atoms with Gasteiger partial charge in [-0.15, -0.1) is 11.8 Å². The number of thioether (sulfide) groups is 1. The van der Waals surface area contributed by atoms with Crippen LogP contribution >= 0.6 is 11.8 Å². The van der Waals surface area contributed by atoms with Crippen molar-refractivity contribution in [1.82, 2.24) is 5.32 Å². The molecule has 0 saturated carbocycles. The normalized spacial score (nSPS) is 11.0. The molecule has 16 heavy (non-hydrogen) atoms. The number of carbonyl (C=O) groups is 2. The van der Waals surface area contributed by atoms with E-state index in [-0.39, 0.29) is 16.6 Å². The van der Waals surface area contributed by atoms with E-state index in [0.29, 0.717) is 25.3 Å². The van der Waals surface area contributed by atoms with Crippen LogP contribution in [0.4, 0.5) is 0 Å². The molecule has 0 rings (SSSR count). The Balaban J connectivity index is 3.41. The molecule has 0 spiro atoms. The smallest absolute Gasteiger partial charge is 0.315 e. The van der Waals surface area contributed by atoms with E-state index in [1.165, 1.54) is 6.92 Å². The van der Waals surface area contributed by atoms with Gasteiger partial charge < -0.3 is 10.1 Å². The summed E-state index contributed by atoms with van der Waals surface area (Å²) < 4.78 is 5.09. The van der Waals surface area contributed by atoms with Gasteiger partial charge in [-0.1, -0.05) is 20.8 Å². The average Bonchev–Trinajstić information content (AvgIpc) is 2.12. The third-order valence-electron chi connectivity index (χ3n) is 1.58. The van der Waals surface area contributed by atoms with Crippen LogP contribution < -0.4 is 5.32 Å². The lowest BCUT2D eigenvalue weighted by Crippen LogP contribution is -2.23. The Morgan fingerprint density at radius 3 is 2.44 bits per heavy atom. The molecule has 0 bridgehead atoms. The van der Waals surface area contributed by atoms with Gasteiger partial charge >= 0.3 is 5.97 Å². The highest BCUT2D eigenvalue weighted by Gasteiger charge is 2.13. The summed E-state index contributed by atoms with van der Waals surface area (Å²) in [5.41, 5.74) is 0. The molecule has 0 saturated heterocycles. The fraction of sp³-hybridized carbons (Fsp3) is 0.818. The zero-order valence-corrected chi connectivity index (χ0v) is 11.3. The Labute approximate surface area is 101 Å². The Kier molecular flexibility index (Phi) is 7.21. The Morgan fingerprint density at radius 2 is 1.94 bits per heavy atom. The van der Waals surface area contributed by atoms with Gasteiger partial charge in [-0.3, -0.25) is 9.59 Å². The lowest BCUT2D eigenvalue weighted by molar-refractivity contribution is -0.140. The minimum Gasteiger partial charge on any atom is -0.465 e. The summed E-state index contributed by atoms with van der Waals surface area (Å²) in [6.45, 7) is 8.55. The van der Waals surface area contributed by atoms with Crippen molar-refractivity contribution in [2.75, 3.05) is 18.9 Å². The van der Waals surface area contributed by atoms with E-state index in [4.69, 9.17) is 4.74 Å². The van der Waals surface area contributed by atoms with Crippen LogP contribution in [0.1, 0.15) is 34.1 Å². The number of ether oxygens (including phenoxy) is 1. The quantitative estimate of drug-likeness (QED) is 0.572. The fourth-order valence-corrected chi connectivity index (χ4v) is 1.47. The van der Waals surface area contributed by atoms with E-state index >= 15 is 0 Å². The summed E-state index contributed by atoms with van der Waals surface area (Å²) in [4.78, 5) is 21.8. The zero-order chi connectivity index (χ0) is 12.6. The second-order valence-electron chi connectivity index (χ2n) is 4.46. The van der Waals surface area contributed by atoms with Crippen LogP contribution in [0.25, 0.3) is 0 Å². The van der Waals surface area contributed by atoms with Crippen LogP contribution in [0.3, 0.4) is 0 Å². The van der Waals surface area contributed by atoms with Crippen LogP contribution in [0.15, 0.2) is 0 Å². The largest absolute Gasteiger partial charge is 0.465 e. The molecule has 1 N–H and O–H groups in total. The molecule has 5 heteroatoms. The third kappa shape index (κ3) is 11.4. The predicted octanol–water partition coefficient (Wildman–Crippen LogP) is 1.59. The highest BCUT2D eigenvalue weighted by molar-refractivity contribution is 8.01. The summed E-state index contributed by atoms with van der Waals surface area (Å²) in [7, 11) is 0. The van der Waals surface area contributed by atoms with Crippen LogP contribution in [-0.4, -0.2) is 35.5 Å². The van der Waals surface area contributed by atoms with Gasteiger partial charge in [0.15, 0.2) is 0 Å². The van der Waals surface area contributed by atoms with Gasteiger partial charge in [0.1, 0.15) is 0 Å². The molecule has 0 aliphatic heterocycles. The molecule has 1 amide bonds. The minimum absolute atomic E-state index is 0.0605. The van der Waals surface area contributed by atoms with Crippen LogP contribution in [0.2, 0.25) is 0 Å². The summed E-state index contributed by atoms with van der Waals surface area (Å²) in [5, 5.41) is 2.64. The number of hydrogen-bond acceptors (Lipinski definition) is 4. The zero-order valence-electron chi connectivity index (χ0n) is 10.5. The fourth-order valence-electron chi connectivity index (χ4n) is 0.840. The standard InChI is InChI=1S/C11H21NO3S/c1-9(13)12-6-5-7-15-10(14)8-16-11(2,3)4/h5-8H2,1-4H3,(H,12,13). The van der Waals surface area contributed by atoms with Crippen molar-refractivity contribution in [2.45, 2.75) is 38.9 Å². The van der Waals surface area contributed by atoms with Crippen molar-refractivity contribution in [3.05, 3.63) is 0 Å². The minimum atomic E-state index is -0.192.